The summed E-state index contributed by atoms with van der Waals surface area (Å²) in [7, 11) is 0. The van der Waals surface area contributed by atoms with E-state index in [0.717, 1.165) is 28.1 Å². The molecule has 0 saturated heterocycles. The van der Waals surface area contributed by atoms with Gasteiger partial charge in [-0.2, -0.15) is 0 Å². The van der Waals surface area contributed by atoms with E-state index in [-0.39, 0.29) is 11.8 Å². The Morgan fingerprint density at radius 3 is 2.74 bits per heavy atom. The molecule has 2 rings (SSSR count). The Morgan fingerprint density at radius 1 is 1.30 bits per heavy atom. The zero-order valence-electron chi connectivity index (χ0n) is 12.8. The van der Waals surface area contributed by atoms with Crippen LogP contribution in [0.5, 0.6) is 0 Å². The number of anilines is 1. The first-order chi connectivity index (χ1) is 11.0. The molecule has 2 N–H and O–H groups in total. The average Bonchev–Trinajstić information content (AvgIpc) is 3.14. The second-order valence-electron chi connectivity index (χ2n) is 4.89. The summed E-state index contributed by atoms with van der Waals surface area (Å²) in [5, 5.41) is 14.7. The molecule has 1 atom stereocenters. The van der Waals surface area contributed by atoms with E-state index < -0.39 is 6.04 Å². The normalized spacial score (nSPS) is 12.0. The Balaban J connectivity index is 1.87. The van der Waals surface area contributed by atoms with Crippen LogP contribution in [0.2, 0.25) is 0 Å². The Morgan fingerprint density at radius 2 is 2.09 bits per heavy atom. The van der Waals surface area contributed by atoms with Gasteiger partial charge in [0.15, 0.2) is 0 Å². The first kappa shape index (κ1) is 18.0. The molecular weight excluding hydrogens is 400 g/mol. The summed E-state index contributed by atoms with van der Waals surface area (Å²) in [5.41, 5.74) is 0. The smallest absolute Gasteiger partial charge is 0.262 e. The third kappa shape index (κ3) is 5.36. The van der Waals surface area contributed by atoms with Crippen molar-refractivity contribution in [2.45, 2.75) is 39.2 Å². The van der Waals surface area contributed by atoms with Crippen molar-refractivity contribution in [3.8, 4) is 0 Å². The van der Waals surface area contributed by atoms with E-state index in [1.165, 1.54) is 22.7 Å². The minimum atomic E-state index is -0.661. The quantitative estimate of drug-likeness (QED) is 0.723. The van der Waals surface area contributed by atoms with Gasteiger partial charge < -0.3 is 5.32 Å². The largest absolute Gasteiger partial charge is 0.340 e. The summed E-state index contributed by atoms with van der Waals surface area (Å²) >= 11 is 5.99. The predicted octanol–water partition coefficient (Wildman–Crippen LogP) is 3.46. The first-order valence-corrected chi connectivity index (χ1v) is 9.61. The van der Waals surface area contributed by atoms with Gasteiger partial charge in [-0.25, -0.2) is 0 Å². The summed E-state index contributed by atoms with van der Waals surface area (Å²) < 4.78 is 0.869. The number of thiophene rings is 1. The van der Waals surface area contributed by atoms with Crippen molar-refractivity contribution in [1.29, 1.82) is 0 Å². The number of unbranched alkanes of at least 4 members (excludes halogenated alkanes) is 1. The third-order valence-electron chi connectivity index (χ3n) is 2.98. The van der Waals surface area contributed by atoms with E-state index in [0.29, 0.717) is 10.0 Å². The van der Waals surface area contributed by atoms with Gasteiger partial charge in [-0.3, -0.25) is 14.9 Å². The molecule has 0 bridgehead atoms. The van der Waals surface area contributed by atoms with Gasteiger partial charge >= 0.3 is 0 Å². The van der Waals surface area contributed by atoms with Gasteiger partial charge in [0.05, 0.1) is 8.66 Å². The van der Waals surface area contributed by atoms with Gasteiger partial charge in [0, 0.05) is 6.42 Å². The molecule has 9 heteroatoms. The van der Waals surface area contributed by atoms with E-state index in [1.54, 1.807) is 19.1 Å². The summed E-state index contributed by atoms with van der Waals surface area (Å²) in [4.78, 5) is 24.7. The number of carbonyl (C=O) groups is 2. The number of carbonyl (C=O) groups excluding carboxylic acids is 2. The maximum Gasteiger partial charge on any atom is 0.262 e. The highest BCUT2D eigenvalue weighted by molar-refractivity contribution is 9.11. The number of amides is 2. The molecule has 23 heavy (non-hydrogen) atoms. The monoisotopic (exact) mass is 416 g/mol. The molecule has 2 heterocycles. The van der Waals surface area contributed by atoms with E-state index in [9.17, 15) is 9.59 Å². The number of hydrogen-bond acceptors (Lipinski definition) is 6. The SMILES string of the molecule is CCCCc1nnc(NC(=O)C(C)NC(=O)c2ccc(Br)s2)s1. The number of aromatic nitrogens is 2. The van der Waals surface area contributed by atoms with Gasteiger partial charge in [0.25, 0.3) is 5.91 Å². The molecule has 0 saturated carbocycles. The molecular formula is C14H17BrN4O2S2. The zero-order valence-corrected chi connectivity index (χ0v) is 16.0. The highest BCUT2D eigenvalue weighted by Crippen LogP contribution is 2.22. The highest BCUT2D eigenvalue weighted by Gasteiger charge is 2.19. The summed E-state index contributed by atoms with van der Waals surface area (Å²) in [6, 6.07) is 2.84. The summed E-state index contributed by atoms with van der Waals surface area (Å²) in [6.07, 6.45) is 3.00. The van der Waals surface area contributed by atoms with Crippen molar-refractivity contribution in [2.75, 3.05) is 5.32 Å². The molecule has 0 radical (unpaired) electrons. The first-order valence-electron chi connectivity index (χ1n) is 7.19. The summed E-state index contributed by atoms with van der Waals surface area (Å²) in [5.74, 6) is -0.587. The zero-order chi connectivity index (χ0) is 16.8. The van der Waals surface area contributed by atoms with Gasteiger partial charge in [0.1, 0.15) is 11.0 Å². The van der Waals surface area contributed by atoms with Gasteiger partial charge in [-0.15, -0.1) is 21.5 Å². The number of nitrogens with zero attached hydrogens (tertiary/aromatic N) is 2. The van der Waals surface area contributed by atoms with E-state index in [4.69, 9.17) is 0 Å². The van der Waals surface area contributed by atoms with Crippen LogP contribution in [0.3, 0.4) is 0 Å². The van der Waals surface area contributed by atoms with Crippen LogP contribution in [0.15, 0.2) is 15.9 Å². The molecule has 2 aromatic rings. The van der Waals surface area contributed by atoms with Crippen LogP contribution >= 0.6 is 38.6 Å². The minimum absolute atomic E-state index is 0.274. The Kier molecular flexibility index (Phi) is 6.67. The lowest BCUT2D eigenvalue weighted by atomic mass is 10.3. The number of halogens is 1. The molecule has 2 amide bonds. The number of rotatable bonds is 7. The Hall–Kier alpha value is -1.32. The molecule has 6 nitrogen and oxygen atoms in total. The third-order valence-corrected chi connectivity index (χ3v) is 5.50. The second kappa shape index (κ2) is 8.51. The van der Waals surface area contributed by atoms with Gasteiger partial charge in [0.2, 0.25) is 11.0 Å². The maximum atomic E-state index is 12.1. The van der Waals surface area contributed by atoms with E-state index >= 15 is 0 Å². The molecule has 124 valence electrons. The van der Waals surface area contributed by atoms with E-state index in [2.05, 4.69) is 43.7 Å². The minimum Gasteiger partial charge on any atom is -0.340 e. The highest BCUT2D eigenvalue weighted by atomic mass is 79.9. The van der Waals surface area contributed by atoms with Crippen LogP contribution in [0.25, 0.3) is 0 Å². The average molecular weight is 417 g/mol. The summed E-state index contributed by atoms with van der Waals surface area (Å²) in [6.45, 7) is 3.75. The van der Waals surface area contributed by atoms with Crippen LogP contribution in [0.4, 0.5) is 5.13 Å². The Labute approximate surface area is 150 Å². The predicted molar refractivity (Wildman–Crippen MR) is 96.1 cm³/mol. The molecule has 2 aromatic heterocycles. The lowest BCUT2D eigenvalue weighted by molar-refractivity contribution is -0.117. The second-order valence-corrected chi connectivity index (χ2v) is 8.42. The van der Waals surface area contributed by atoms with Crippen LogP contribution in [-0.2, 0) is 11.2 Å². The van der Waals surface area contributed by atoms with Gasteiger partial charge in [-0.05, 0) is 41.4 Å². The van der Waals surface area contributed by atoms with Crippen molar-refractivity contribution < 1.29 is 9.59 Å². The molecule has 0 spiro atoms. The maximum absolute atomic E-state index is 12.1. The molecule has 0 fully saturated rings. The number of hydrogen-bond donors (Lipinski definition) is 2. The van der Waals surface area contributed by atoms with Crippen LogP contribution < -0.4 is 10.6 Å². The van der Waals surface area contributed by atoms with Crippen LogP contribution in [0, 0.1) is 0 Å². The Bertz CT molecular complexity index is 686. The van der Waals surface area contributed by atoms with Crippen LogP contribution in [0.1, 0.15) is 41.4 Å². The topological polar surface area (TPSA) is 84.0 Å². The fourth-order valence-electron chi connectivity index (χ4n) is 1.72. The van der Waals surface area contributed by atoms with Crippen molar-refractivity contribution >= 4 is 55.5 Å². The fraction of sp³-hybridized carbons (Fsp3) is 0.429. The van der Waals surface area contributed by atoms with Gasteiger partial charge in [-0.1, -0.05) is 24.7 Å². The standard InChI is InChI=1S/C14H17BrN4O2S2/c1-3-4-5-11-18-19-14(23-11)17-12(20)8(2)16-13(21)9-6-7-10(15)22-9/h6-8H,3-5H2,1-2H3,(H,16,21)(H,17,19,20). The molecule has 0 aromatic carbocycles. The lowest BCUT2D eigenvalue weighted by Gasteiger charge is -2.11. The van der Waals surface area contributed by atoms with Crippen molar-refractivity contribution in [2.24, 2.45) is 0 Å². The molecule has 0 aliphatic carbocycles. The molecule has 0 aliphatic heterocycles. The number of nitrogens with one attached hydrogen (secondary N) is 2. The van der Waals surface area contributed by atoms with Crippen molar-refractivity contribution in [3.63, 3.8) is 0 Å². The van der Waals surface area contributed by atoms with Crippen LogP contribution in [-0.4, -0.2) is 28.1 Å². The molecule has 0 aliphatic rings. The number of aryl methyl sites for hydroxylation is 1. The molecule has 1 unspecified atom stereocenters. The fourth-order valence-corrected chi connectivity index (χ4v) is 3.79. The lowest BCUT2D eigenvalue weighted by Crippen LogP contribution is -2.41. The van der Waals surface area contributed by atoms with Crippen molar-refractivity contribution in [3.05, 3.63) is 25.8 Å². The van der Waals surface area contributed by atoms with E-state index in [1.807, 2.05) is 0 Å². The van der Waals surface area contributed by atoms with Crippen molar-refractivity contribution in [1.82, 2.24) is 15.5 Å².